The van der Waals surface area contributed by atoms with Crippen molar-refractivity contribution in [3.8, 4) is 0 Å². The Labute approximate surface area is 144 Å². The SMILES string of the molecule is Nc1nc(CCCNC(=O)c2cn(C[C@H]3CCCNC3)nn2)cs1. The Hall–Kier alpha value is -2.00. The summed E-state index contributed by atoms with van der Waals surface area (Å²) < 4.78 is 1.77. The fraction of sp³-hybridized carbons (Fsp3) is 0.600. The number of nitrogens with zero attached hydrogens (tertiary/aromatic N) is 4. The van der Waals surface area contributed by atoms with Gasteiger partial charge in [0.25, 0.3) is 5.91 Å². The predicted octanol–water partition coefficient (Wildman–Crippen LogP) is 0.679. The van der Waals surface area contributed by atoms with E-state index in [4.69, 9.17) is 5.73 Å². The molecule has 0 radical (unpaired) electrons. The van der Waals surface area contributed by atoms with Crippen LogP contribution < -0.4 is 16.4 Å². The highest BCUT2D eigenvalue weighted by atomic mass is 32.1. The highest BCUT2D eigenvalue weighted by molar-refractivity contribution is 7.13. The van der Waals surface area contributed by atoms with Crippen LogP contribution in [0.5, 0.6) is 0 Å². The second-order valence-corrected chi connectivity index (χ2v) is 6.96. The first kappa shape index (κ1) is 16.8. The lowest BCUT2D eigenvalue weighted by Gasteiger charge is -2.22. The molecule has 1 amide bonds. The van der Waals surface area contributed by atoms with Crippen molar-refractivity contribution in [3.05, 3.63) is 23.0 Å². The molecule has 0 aliphatic carbocycles. The number of aromatic nitrogens is 4. The molecular formula is C15H23N7OS. The van der Waals surface area contributed by atoms with E-state index in [-0.39, 0.29) is 5.91 Å². The van der Waals surface area contributed by atoms with Crippen LogP contribution in [0.3, 0.4) is 0 Å². The number of anilines is 1. The third-order valence-electron chi connectivity index (χ3n) is 4.08. The maximum absolute atomic E-state index is 12.1. The molecule has 0 saturated carbocycles. The molecule has 130 valence electrons. The van der Waals surface area contributed by atoms with E-state index in [2.05, 4.69) is 25.9 Å². The van der Waals surface area contributed by atoms with Crippen LogP contribution in [0.2, 0.25) is 0 Å². The number of nitrogen functional groups attached to an aromatic ring is 1. The van der Waals surface area contributed by atoms with E-state index < -0.39 is 0 Å². The highest BCUT2D eigenvalue weighted by Crippen LogP contribution is 2.13. The van der Waals surface area contributed by atoms with Crippen molar-refractivity contribution in [1.29, 1.82) is 0 Å². The molecule has 8 nitrogen and oxygen atoms in total. The number of carbonyl (C=O) groups is 1. The van der Waals surface area contributed by atoms with Crippen LogP contribution in [0, 0.1) is 5.92 Å². The highest BCUT2D eigenvalue weighted by Gasteiger charge is 2.16. The van der Waals surface area contributed by atoms with Gasteiger partial charge in [0.15, 0.2) is 10.8 Å². The molecule has 1 fully saturated rings. The molecule has 0 spiro atoms. The van der Waals surface area contributed by atoms with Crippen LogP contribution in [-0.4, -0.2) is 45.5 Å². The fourth-order valence-corrected chi connectivity index (χ4v) is 3.43. The number of hydrogen-bond acceptors (Lipinski definition) is 7. The number of carbonyl (C=O) groups excluding carboxylic acids is 1. The summed E-state index contributed by atoms with van der Waals surface area (Å²) in [5.41, 5.74) is 6.94. The summed E-state index contributed by atoms with van der Waals surface area (Å²) in [4.78, 5) is 16.3. The van der Waals surface area contributed by atoms with Crippen molar-refractivity contribution in [2.24, 2.45) is 5.92 Å². The largest absolute Gasteiger partial charge is 0.375 e. The molecule has 3 heterocycles. The van der Waals surface area contributed by atoms with Crippen molar-refractivity contribution in [2.45, 2.75) is 32.2 Å². The van der Waals surface area contributed by atoms with Gasteiger partial charge in [-0.3, -0.25) is 9.48 Å². The Morgan fingerprint density at radius 1 is 1.54 bits per heavy atom. The van der Waals surface area contributed by atoms with Crippen molar-refractivity contribution >= 4 is 22.4 Å². The summed E-state index contributed by atoms with van der Waals surface area (Å²) in [6, 6.07) is 0. The molecule has 0 aromatic carbocycles. The monoisotopic (exact) mass is 349 g/mol. The van der Waals surface area contributed by atoms with Crippen molar-refractivity contribution < 1.29 is 4.79 Å². The van der Waals surface area contributed by atoms with Gasteiger partial charge in [0.1, 0.15) is 0 Å². The van der Waals surface area contributed by atoms with Crippen LogP contribution in [0.4, 0.5) is 5.13 Å². The molecule has 4 N–H and O–H groups in total. The standard InChI is InChI=1S/C15H23N7OS/c16-15-19-12(10-24-15)4-2-6-18-14(23)13-9-22(21-20-13)8-11-3-1-5-17-7-11/h9-11,17H,1-8H2,(H2,16,19)(H,18,23)/t11-/m0/s1. The molecule has 1 atom stereocenters. The Kier molecular flexibility index (Phi) is 5.76. The summed E-state index contributed by atoms with van der Waals surface area (Å²) in [6.45, 7) is 3.48. The van der Waals surface area contributed by atoms with Gasteiger partial charge in [-0.15, -0.1) is 16.4 Å². The number of rotatable bonds is 7. The number of thiazole rings is 1. The molecule has 3 rings (SSSR count). The van der Waals surface area contributed by atoms with E-state index in [1.54, 1.807) is 10.9 Å². The van der Waals surface area contributed by atoms with Gasteiger partial charge < -0.3 is 16.4 Å². The number of nitrogens with two attached hydrogens (primary N) is 1. The van der Waals surface area contributed by atoms with Crippen LogP contribution >= 0.6 is 11.3 Å². The normalized spacial score (nSPS) is 17.8. The minimum atomic E-state index is -0.180. The Balaban J connectivity index is 1.40. The minimum Gasteiger partial charge on any atom is -0.375 e. The summed E-state index contributed by atoms with van der Waals surface area (Å²) in [5, 5.41) is 16.8. The topological polar surface area (TPSA) is 111 Å². The molecule has 1 saturated heterocycles. The number of amides is 1. The molecule has 0 bridgehead atoms. The van der Waals surface area contributed by atoms with Gasteiger partial charge in [0, 0.05) is 18.5 Å². The van der Waals surface area contributed by atoms with Crippen molar-refractivity contribution in [2.75, 3.05) is 25.4 Å². The minimum absolute atomic E-state index is 0.180. The lowest BCUT2D eigenvalue weighted by molar-refractivity contribution is 0.0948. The van der Waals surface area contributed by atoms with Gasteiger partial charge in [-0.2, -0.15) is 0 Å². The molecule has 9 heteroatoms. The molecule has 1 aliphatic rings. The fourth-order valence-electron chi connectivity index (χ4n) is 2.84. The summed E-state index contributed by atoms with van der Waals surface area (Å²) >= 11 is 1.44. The quantitative estimate of drug-likeness (QED) is 0.634. The number of piperidine rings is 1. The van der Waals surface area contributed by atoms with Crippen LogP contribution in [-0.2, 0) is 13.0 Å². The van der Waals surface area contributed by atoms with Crippen LogP contribution in [0.25, 0.3) is 0 Å². The van der Waals surface area contributed by atoms with Gasteiger partial charge in [-0.1, -0.05) is 5.21 Å². The summed E-state index contributed by atoms with van der Waals surface area (Å²) in [5.74, 6) is 0.378. The van der Waals surface area contributed by atoms with Crippen LogP contribution in [0.15, 0.2) is 11.6 Å². The van der Waals surface area contributed by atoms with Gasteiger partial charge >= 0.3 is 0 Å². The van der Waals surface area contributed by atoms with Gasteiger partial charge in [0.2, 0.25) is 0 Å². The van der Waals surface area contributed by atoms with E-state index in [1.165, 1.54) is 24.2 Å². The molecule has 0 unspecified atom stereocenters. The maximum atomic E-state index is 12.1. The van der Waals surface area contributed by atoms with Gasteiger partial charge in [0.05, 0.1) is 11.9 Å². The number of nitrogens with one attached hydrogen (secondary N) is 2. The van der Waals surface area contributed by atoms with E-state index in [0.29, 0.717) is 23.3 Å². The lowest BCUT2D eigenvalue weighted by Crippen LogP contribution is -2.32. The van der Waals surface area contributed by atoms with E-state index in [0.717, 1.165) is 38.2 Å². The zero-order chi connectivity index (χ0) is 16.8. The van der Waals surface area contributed by atoms with Crippen molar-refractivity contribution in [1.82, 2.24) is 30.6 Å². The third-order valence-corrected chi connectivity index (χ3v) is 4.80. The van der Waals surface area contributed by atoms with Crippen LogP contribution in [0.1, 0.15) is 35.4 Å². The van der Waals surface area contributed by atoms with Gasteiger partial charge in [-0.05, 0) is 44.7 Å². The average molecular weight is 349 g/mol. The Bertz CT molecular complexity index is 662. The summed E-state index contributed by atoms with van der Waals surface area (Å²) in [6.07, 6.45) is 5.73. The Morgan fingerprint density at radius 2 is 2.46 bits per heavy atom. The van der Waals surface area contributed by atoms with E-state index >= 15 is 0 Å². The first-order valence-electron chi connectivity index (χ1n) is 8.29. The maximum Gasteiger partial charge on any atom is 0.273 e. The third kappa shape index (κ3) is 4.75. The first-order valence-corrected chi connectivity index (χ1v) is 9.17. The average Bonchev–Trinajstić information content (AvgIpc) is 3.21. The lowest BCUT2D eigenvalue weighted by atomic mass is 10.00. The predicted molar refractivity (Wildman–Crippen MR) is 92.8 cm³/mol. The Morgan fingerprint density at radius 3 is 3.21 bits per heavy atom. The van der Waals surface area contributed by atoms with Gasteiger partial charge in [-0.25, -0.2) is 4.98 Å². The zero-order valence-electron chi connectivity index (χ0n) is 13.6. The molecule has 2 aromatic rings. The first-order chi connectivity index (χ1) is 11.7. The second-order valence-electron chi connectivity index (χ2n) is 6.07. The number of hydrogen-bond donors (Lipinski definition) is 3. The van der Waals surface area contributed by atoms with E-state index in [9.17, 15) is 4.79 Å². The smallest absolute Gasteiger partial charge is 0.273 e. The summed E-state index contributed by atoms with van der Waals surface area (Å²) in [7, 11) is 0. The van der Waals surface area contributed by atoms with E-state index in [1.807, 2.05) is 5.38 Å². The molecule has 1 aliphatic heterocycles. The molecular weight excluding hydrogens is 326 g/mol. The molecule has 24 heavy (non-hydrogen) atoms. The molecule has 2 aromatic heterocycles. The number of aryl methyl sites for hydroxylation is 1. The van der Waals surface area contributed by atoms with Crippen molar-refractivity contribution in [3.63, 3.8) is 0 Å². The second kappa shape index (κ2) is 8.20. The zero-order valence-corrected chi connectivity index (χ0v) is 14.4.